The van der Waals surface area contributed by atoms with Gasteiger partial charge in [-0.05, 0) is 42.5 Å². The van der Waals surface area contributed by atoms with Gasteiger partial charge in [-0.2, -0.15) is 0 Å². The van der Waals surface area contributed by atoms with Crippen LogP contribution in [-0.2, 0) is 0 Å². The maximum atomic E-state index is 13.1. The zero-order valence-corrected chi connectivity index (χ0v) is 15.3. The summed E-state index contributed by atoms with van der Waals surface area (Å²) >= 11 is 0. The van der Waals surface area contributed by atoms with E-state index in [4.69, 9.17) is 4.98 Å². The Balaban J connectivity index is 1.44. The fraction of sp³-hybridized carbons (Fsp3) is 0.227. The minimum absolute atomic E-state index is 0.143. The highest BCUT2D eigenvalue weighted by molar-refractivity contribution is 5.97. The van der Waals surface area contributed by atoms with Crippen molar-refractivity contribution in [1.29, 1.82) is 0 Å². The molecule has 0 saturated carbocycles. The lowest BCUT2D eigenvalue weighted by Gasteiger charge is -2.31. The Kier molecular flexibility index (Phi) is 3.97. The van der Waals surface area contributed by atoms with Crippen LogP contribution >= 0.6 is 0 Å². The molecule has 0 bridgehead atoms. The predicted octanol–water partition coefficient (Wildman–Crippen LogP) is 3.42. The van der Waals surface area contributed by atoms with E-state index in [0.29, 0.717) is 13.1 Å². The first-order chi connectivity index (χ1) is 13.7. The summed E-state index contributed by atoms with van der Waals surface area (Å²) in [7, 11) is 0. The van der Waals surface area contributed by atoms with E-state index in [-0.39, 0.29) is 22.9 Å². The summed E-state index contributed by atoms with van der Waals surface area (Å²) in [5, 5.41) is 0.858. The molecular formula is C22H20N4O2. The number of hydrogen-bond donors (Lipinski definition) is 2. The van der Waals surface area contributed by atoms with Crippen LogP contribution in [0.15, 0.2) is 59.4 Å². The van der Waals surface area contributed by atoms with Crippen molar-refractivity contribution < 1.29 is 4.79 Å². The highest BCUT2D eigenvalue weighted by Gasteiger charge is 2.28. The number of fused-ring (bicyclic) bond motifs is 2. The number of aromatic amines is 2. The van der Waals surface area contributed by atoms with Crippen LogP contribution in [0.3, 0.4) is 0 Å². The number of para-hydroxylation sites is 3. The van der Waals surface area contributed by atoms with Crippen LogP contribution in [0.25, 0.3) is 21.9 Å². The summed E-state index contributed by atoms with van der Waals surface area (Å²) in [6, 6.07) is 17.1. The zero-order chi connectivity index (χ0) is 19.1. The number of hydrogen-bond acceptors (Lipinski definition) is 3. The fourth-order valence-electron chi connectivity index (χ4n) is 4.03. The first-order valence-electron chi connectivity index (χ1n) is 9.55. The number of nitrogens with one attached hydrogen (secondary N) is 2. The lowest BCUT2D eigenvalue weighted by atomic mass is 9.96. The van der Waals surface area contributed by atoms with E-state index in [2.05, 4.69) is 9.97 Å². The fourth-order valence-corrected chi connectivity index (χ4v) is 4.03. The molecule has 1 saturated heterocycles. The third kappa shape index (κ3) is 2.87. The molecule has 0 spiro atoms. The summed E-state index contributed by atoms with van der Waals surface area (Å²) < 4.78 is 0. The molecule has 1 aliphatic rings. The predicted molar refractivity (Wildman–Crippen MR) is 109 cm³/mol. The first-order valence-corrected chi connectivity index (χ1v) is 9.55. The van der Waals surface area contributed by atoms with Crippen LogP contribution in [0.5, 0.6) is 0 Å². The van der Waals surface area contributed by atoms with Crippen LogP contribution in [0.2, 0.25) is 0 Å². The standard InChI is InChI=1S/C22H20N4O2/c27-21-16(12-14-6-1-2-8-17(14)25-21)22(28)26-11-5-7-15(13-26)20-23-18-9-3-4-10-19(18)24-20/h1-4,6,8-10,12,15H,5,7,11,13H2,(H,23,24)(H,25,27). The maximum Gasteiger partial charge on any atom is 0.261 e. The summed E-state index contributed by atoms with van der Waals surface area (Å²) in [4.78, 5) is 38.2. The van der Waals surface area contributed by atoms with E-state index in [9.17, 15) is 9.59 Å². The van der Waals surface area contributed by atoms with Crippen molar-refractivity contribution in [2.75, 3.05) is 13.1 Å². The topological polar surface area (TPSA) is 81.8 Å². The van der Waals surface area contributed by atoms with Gasteiger partial charge in [-0.15, -0.1) is 0 Å². The van der Waals surface area contributed by atoms with Crippen LogP contribution in [-0.4, -0.2) is 38.8 Å². The molecule has 6 heteroatoms. The quantitative estimate of drug-likeness (QED) is 0.566. The number of H-pyrrole nitrogens is 2. The number of pyridine rings is 1. The zero-order valence-electron chi connectivity index (χ0n) is 15.3. The van der Waals surface area contributed by atoms with Crippen molar-refractivity contribution in [3.8, 4) is 0 Å². The molecule has 140 valence electrons. The molecule has 2 N–H and O–H groups in total. The highest BCUT2D eigenvalue weighted by Crippen LogP contribution is 2.27. The summed E-state index contributed by atoms with van der Waals surface area (Å²) in [5.74, 6) is 0.837. The molecule has 2 aromatic heterocycles. The summed E-state index contributed by atoms with van der Waals surface area (Å²) in [6.45, 7) is 1.22. The van der Waals surface area contributed by atoms with Crippen molar-refractivity contribution in [2.45, 2.75) is 18.8 Å². The molecule has 28 heavy (non-hydrogen) atoms. The molecule has 2 aromatic carbocycles. The minimum atomic E-state index is -0.338. The van der Waals surface area contributed by atoms with Gasteiger partial charge in [-0.3, -0.25) is 9.59 Å². The van der Waals surface area contributed by atoms with Gasteiger partial charge in [0.2, 0.25) is 0 Å². The Hall–Kier alpha value is -3.41. The monoisotopic (exact) mass is 372 g/mol. The van der Waals surface area contributed by atoms with E-state index >= 15 is 0 Å². The van der Waals surface area contributed by atoms with E-state index in [1.807, 2.05) is 48.5 Å². The van der Waals surface area contributed by atoms with Crippen molar-refractivity contribution in [1.82, 2.24) is 19.9 Å². The minimum Gasteiger partial charge on any atom is -0.342 e. The van der Waals surface area contributed by atoms with Crippen LogP contribution in [0, 0.1) is 0 Å². The number of likely N-dealkylation sites (tertiary alicyclic amines) is 1. The van der Waals surface area contributed by atoms with Gasteiger partial charge >= 0.3 is 0 Å². The Labute approximate surface area is 161 Å². The Bertz CT molecular complexity index is 1210. The number of carbonyl (C=O) groups is 1. The smallest absolute Gasteiger partial charge is 0.261 e. The average Bonchev–Trinajstić information content (AvgIpc) is 3.17. The summed E-state index contributed by atoms with van der Waals surface area (Å²) in [5.41, 5.74) is 2.54. The Morgan fingerprint density at radius 1 is 1.04 bits per heavy atom. The molecule has 6 nitrogen and oxygen atoms in total. The lowest BCUT2D eigenvalue weighted by Crippen LogP contribution is -2.41. The van der Waals surface area contributed by atoms with Crippen LogP contribution in [0.4, 0.5) is 0 Å². The van der Waals surface area contributed by atoms with Gasteiger partial charge in [-0.1, -0.05) is 30.3 Å². The molecule has 4 aromatic rings. The van der Waals surface area contributed by atoms with Gasteiger partial charge < -0.3 is 14.9 Å². The van der Waals surface area contributed by atoms with Gasteiger partial charge in [0.05, 0.1) is 11.0 Å². The molecule has 1 fully saturated rings. The Morgan fingerprint density at radius 3 is 2.68 bits per heavy atom. The van der Waals surface area contributed by atoms with Gasteiger partial charge in [0, 0.05) is 24.5 Å². The second-order valence-electron chi connectivity index (χ2n) is 7.33. The number of amides is 1. The van der Waals surface area contributed by atoms with Crippen molar-refractivity contribution >= 4 is 27.8 Å². The van der Waals surface area contributed by atoms with E-state index in [1.54, 1.807) is 11.0 Å². The normalized spacial score (nSPS) is 17.3. The third-order valence-corrected chi connectivity index (χ3v) is 5.49. The van der Waals surface area contributed by atoms with Crippen LogP contribution in [0.1, 0.15) is 34.9 Å². The van der Waals surface area contributed by atoms with E-state index in [0.717, 1.165) is 40.6 Å². The van der Waals surface area contributed by atoms with Crippen molar-refractivity contribution in [3.05, 3.63) is 76.3 Å². The number of rotatable bonds is 2. The number of piperidine rings is 1. The molecule has 1 atom stereocenters. The van der Waals surface area contributed by atoms with Crippen LogP contribution < -0.4 is 5.56 Å². The second-order valence-corrected chi connectivity index (χ2v) is 7.33. The van der Waals surface area contributed by atoms with Gasteiger partial charge in [0.15, 0.2) is 0 Å². The number of aromatic nitrogens is 3. The number of imidazole rings is 1. The Morgan fingerprint density at radius 2 is 1.82 bits per heavy atom. The third-order valence-electron chi connectivity index (χ3n) is 5.49. The van der Waals surface area contributed by atoms with Crippen molar-refractivity contribution in [2.24, 2.45) is 0 Å². The number of nitrogens with zero attached hydrogens (tertiary/aromatic N) is 2. The SMILES string of the molecule is O=C(c1cc2ccccc2[nH]c1=O)N1CCCC(c2nc3ccccc3[nH]2)C1. The molecule has 3 heterocycles. The van der Waals surface area contributed by atoms with Crippen molar-refractivity contribution in [3.63, 3.8) is 0 Å². The molecule has 0 radical (unpaired) electrons. The number of benzene rings is 2. The van der Waals surface area contributed by atoms with E-state index < -0.39 is 0 Å². The highest BCUT2D eigenvalue weighted by atomic mass is 16.2. The van der Waals surface area contributed by atoms with Gasteiger partial charge in [0.25, 0.3) is 11.5 Å². The van der Waals surface area contributed by atoms with E-state index in [1.165, 1.54) is 0 Å². The van der Waals surface area contributed by atoms with Gasteiger partial charge in [0.1, 0.15) is 11.4 Å². The molecular weight excluding hydrogens is 352 g/mol. The maximum absolute atomic E-state index is 13.1. The molecule has 5 rings (SSSR count). The molecule has 1 unspecified atom stereocenters. The summed E-state index contributed by atoms with van der Waals surface area (Å²) in [6.07, 6.45) is 1.86. The largest absolute Gasteiger partial charge is 0.342 e. The molecule has 0 aliphatic carbocycles. The van der Waals surface area contributed by atoms with Gasteiger partial charge in [-0.25, -0.2) is 4.98 Å². The second kappa shape index (κ2) is 6.64. The first kappa shape index (κ1) is 16.7. The number of carbonyl (C=O) groups excluding carboxylic acids is 1. The molecule has 1 amide bonds. The average molecular weight is 372 g/mol. The lowest BCUT2D eigenvalue weighted by molar-refractivity contribution is 0.0703. The molecule has 1 aliphatic heterocycles.